The zero-order chi connectivity index (χ0) is 16.4. The van der Waals surface area contributed by atoms with Crippen molar-refractivity contribution >= 4 is 22.9 Å². The number of pyridine rings is 1. The Bertz CT molecular complexity index is 814. The van der Waals surface area contributed by atoms with Crippen molar-refractivity contribution in [2.24, 2.45) is 0 Å². The lowest BCUT2D eigenvalue weighted by atomic mass is 9.96. The van der Waals surface area contributed by atoms with E-state index < -0.39 is 12.0 Å². The maximum atomic E-state index is 12.3. The number of amides is 2. The second-order valence-electron chi connectivity index (χ2n) is 5.25. The van der Waals surface area contributed by atoms with Gasteiger partial charge in [-0.15, -0.1) is 0 Å². The van der Waals surface area contributed by atoms with Crippen molar-refractivity contribution in [1.82, 2.24) is 15.6 Å². The molecule has 2 aromatic rings. The van der Waals surface area contributed by atoms with Crippen LogP contribution < -0.4 is 10.6 Å². The van der Waals surface area contributed by atoms with Crippen LogP contribution in [0.3, 0.4) is 0 Å². The van der Waals surface area contributed by atoms with E-state index >= 15 is 0 Å². The summed E-state index contributed by atoms with van der Waals surface area (Å²) in [6, 6.07) is 8.67. The van der Waals surface area contributed by atoms with Crippen molar-refractivity contribution in [3.05, 3.63) is 53.4 Å². The maximum Gasteiger partial charge on any atom is 0.338 e. The molecule has 2 heterocycles. The number of benzene rings is 1. The number of rotatable bonds is 3. The van der Waals surface area contributed by atoms with Gasteiger partial charge in [0.1, 0.15) is 0 Å². The minimum Gasteiger partial charge on any atom is -0.463 e. The molecule has 0 saturated carbocycles. The Balaban J connectivity index is 2.07. The standard InChI is InChI=1S/C17H17N3O3/c1-3-23-16(21)14-10(2)19-17(22)20-15(14)12-8-11-6-4-5-7-13(11)18-9-12/h4-9,15H,3H2,1-2H3,(H2,19,20,22). The summed E-state index contributed by atoms with van der Waals surface area (Å²) < 4.78 is 5.12. The van der Waals surface area contributed by atoms with Gasteiger partial charge in [0, 0.05) is 17.3 Å². The molecular formula is C17H17N3O3. The van der Waals surface area contributed by atoms with Crippen LogP contribution in [-0.4, -0.2) is 23.6 Å². The van der Waals surface area contributed by atoms with Gasteiger partial charge in [0.05, 0.1) is 23.7 Å². The molecule has 1 aliphatic heterocycles. The molecule has 2 amide bonds. The van der Waals surface area contributed by atoms with Gasteiger partial charge in [-0.05, 0) is 31.5 Å². The van der Waals surface area contributed by atoms with E-state index in [0.717, 1.165) is 16.5 Å². The second-order valence-corrected chi connectivity index (χ2v) is 5.25. The number of carbonyl (C=O) groups excluding carboxylic acids is 2. The molecule has 6 heteroatoms. The monoisotopic (exact) mass is 311 g/mol. The highest BCUT2D eigenvalue weighted by molar-refractivity contribution is 5.95. The number of carbonyl (C=O) groups is 2. The van der Waals surface area contributed by atoms with Gasteiger partial charge >= 0.3 is 12.0 Å². The minimum absolute atomic E-state index is 0.270. The normalized spacial score (nSPS) is 17.7. The van der Waals surface area contributed by atoms with E-state index in [0.29, 0.717) is 11.3 Å². The number of nitrogens with one attached hydrogen (secondary N) is 2. The van der Waals surface area contributed by atoms with Crippen LogP contribution in [0.1, 0.15) is 25.5 Å². The van der Waals surface area contributed by atoms with E-state index in [1.165, 1.54) is 0 Å². The third-order valence-corrected chi connectivity index (χ3v) is 3.71. The number of urea groups is 1. The molecule has 1 atom stereocenters. The lowest BCUT2D eigenvalue weighted by molar-refractivity contribution is -0.139. The highest BCUT2D eigenvalue weighted by Crippen LogP contribution is 2.28. The number of nitrogens with zero attached hydrogens (tertiary/aromatic N) is 1. The van der Waals surface area contributed by atoms with E-state index in [1.54, 1.807) is 20.0 Å². The third-order valence-electron chi connectivity index (χ3n) is 3.71. The zero-order valence-electron chi connectivity index (χ0n) is 12.9. The van der Waals surface area contributed by atoms with Gasteiger partial charge in [0.15, 0.2) is 0 Å². The van der Waals surface area contributed by atoms with Crippen LogP contribution in [0.4, 0.5) is 4.79 Å². The molecule has 1 aromatic heterocycles. The first-order valence-electron chi connectivity index (χ1n) is 7.40. The molecule has 1 unspecified atom stereocenters. The quantitative estimate of drug-likeness (QED) is 0.853. The van der Waals surface area contributed by atoms with E-state index in [1.807, 2.05) is 30.3 Å². The van der Waals surface area contributed by atoms with Crippen LogP contribution in [0.15, 0.2) is 47.8 Å². The third kappa shape index (κ3) is 2.88. The minimum atomic E-state index is -0.583. The van der Waals surface area contributed by atoms with Crippen molar-refractivity contribution in [2.75, 3.05) is 6.61 Å². The summed E-state index contributed by atoms with van der Waals surface area (Å²) in [6.45, 7) is 3.70. The topological polar surface area (TPSA) is 80.3 Å². The number of allylic oxidation sites excluding steroid dienone is 1. The number of ether oxygens (including phenoxy) is 1. The number of para-hydroxylation sites is 1. The van der Waals surface area contributed by atoms with Crippen molar-refractivity contribution < 1.29 is 14.3 Å². The van der Waals surface area contributed by atoms with Crippen LogP contribution in [-0.2, 0) is 9.53 Å². The zero-order valence-corrected chi connectivity index (χ0v) is 12.9. The van der Waals surface area contributed by atoms with E-state index in [-0.39, 0.29) is 12.6 Å². The fourth-order valence-electron chi connectivity index (χ4n) is 2.67. The molecular weight excluding hydrogens is 294 g/mol. The molecule has 0 saturated heterocycles. The van der Waals surface area contributed by atoms with Crippen LogP contribution in [0.5, 0.6) is 0 Å². The van der Waals surface area contributed by atoms with Gasteiger partial charge in [-0.25, -0.2) is 9.59 Å². The molecule has 0 fully saturated rings. The number of hydrogen-bond donors (Lipinski definition) is 2. The second kappa shape index (κ2) is 6.08. The molecule has 1 aliphatic rings. The average Bonchev–Trinajstić information content (AvgIpc) is 2.53. The summed E-state index contributed by atoms with van der Waals surface area (Å²) in [5.74, 6) is -0.448. The van der Waals surface area contributed by atoms with Gasteiger partial charge in [-0.2, -0.15) is 0 Å². The Hall–Kier alpha value is -2.89. The summed E-state index contributed by atoms with van der Waals surface area (Å²) in [7, 11) is 0. The molecule has 3 rings (SSSR count). The first kappa shape index (κ1) is 15.0. The fourth-order valence-corrected chi connectivity index (χ4v) is 2.67. The van der Waals surface area contributed by atoms with Crippen LogP contribution in [0, 0.1) is 0 Å². The van der Waals surface area contributed by atoms with Crippen molar-refractivity contribution in [3.63, 3.8) is 0 Å². The maximum absolute atomic E-state index is 12.3. The lowest BCUT2D eigenvalue weighted by Gasteiger charge is -2.28. The summed E-state index contributed by atoms with van der Waals surface area (Å²) in [4.78, 5) is 28.5. The van der Waals surface area contributed by atoms with E-state index in [2.05, 4.69) is 15.6 Å². The van der Waals surface area contributed by atoms with Crippen LogP contribution >= 0.6 is 0 Å². The Morgan fingerprint density at radius 2 is 2.13 bits per heavy atom. The summed E-state index contributed by atoms with van der Waals surface area (Å²) in [6.07, 6.45) is 1.67. The van der Waals surface area contributed by atoms with Crippen LogP contribution in [0.2, 0.25) is 0 Å². The molecule has 2 N–H and O–H groups in total. The number of hydrogen-bond acceptors (Lipinski definition) is 4. The Kier molecular flexibility index (Phi) is 3.97. The highest BCUT2D eigenvalue weighted by atomic mass is 16.5. The van der Waals surface area contributed by atoms with E-state index in [9.17, 15) is 9.59 Å². The summed E-state index contributed by atoms with van der Waals surface area (Å²) in [5.41, 5.74) is 2.48. The van der Waals surface area contributed by atoms with Gasteiger partial charge in [0.2, 0.25) is 0 Å². The molecule has 0 bridgehead atoms. The van der Waals surface area contributed by atoms with Crippen LogP contribution in [0.25, 0.3) is 10.9 Å². The van der Waals surface area contributed by atoms with Gasteiger partial charge in [-0.1, -0.05) is 18.2 Å². The van der Waals surface area contributed by atoms with Gasteiger partial charge in [0.25, 0.3) is 0 Å². The van der Waals surface area contributed by atoms with Gasteiger partial charge < -0.3 is 15.4 Å². The van der Waals surface area contributed by atoms with Crippen molar-refractivity contribution in [2.45, 2.75) is 19.9 Å². The number of fused-ring (bicyclic) bond motifs is 1. The molecule has 0 aliphatic carbocycles. The summed E-state index contributed by atoms with van der Waals surface area (Å²) >= 11 is 0. The lowest BCUT2D eigenvalue weighted by Crippen LogP contribution is -2.45. The molecule has 0 radical (unpaired) electrons. The Morgan fingerprint density at radius 1 is 1.35 bits per heavy atom. The first-order valence-corrected chi connectivity index (χ1v) is 7.40. The SMILES string of the molecule is CCOC(=O)C1=C(C)NC(=O)NC1c1cnc2ccccc2c1. The Labute approximate surface area is 133 Å². The number of esters is 1. The first-order chi connectivity index (χ1) is 11.1. The predicted octanol–water partition coefficient (Wildman–Crippen LogP) is 2.43. The Morgan fingerprint density at radius 3 is 2.91 bits per heavy atom. The largest absolute Gasteiger partial charge is 0.463 e. The smallest absolute Gasteiger partial charge is 0.338 e. The molecule has 6 nitrogen and oxygen atoms in total. The predicted molar refractivity (Wildman–Crippen MR) is 85.5 cm³/mol. The molecule has 118 valence electrons. The van der Waals surface area contributed by atoms with Crippen molar-refractivity contribution in [1.29, 1.82) is 0 Å². The van der Waals surface area contributed by atoms with Crippen molar-refractivity contribution in [3.8, 4) is 0 Å². The average molecular weight is 311 g/mol. The van der Waals surface area contributed by atoms with Gasteiger partial charge in [-0.3, -0.25) is 4.98 Å². The fraction of sp³-hybridized carbons (Fsp3) is 0.235. The van der Waals surface area contributed by atoms with E-state index in [4.69, 9.17) is 4.74 Å². The molecule has 23 heavy (non-hydrogen) atoms. The highest BCUT2D eigenvalue weighted by Gasteiger charge is 2.32. The summed E-state index contributed by atoms with van der Waals surface area (Å²) in [5, 5.41) is 6.33. The number of aromatic nitrogens is 1. The molecule has 0 spiro atoms. The molecule has 1 aromatic carbocycles.